The zero-order valence-electron chi connectivity index (χ0n) is 5.39. The van der Waals surface area contributed by atoms with Crippen molar-refractivity contribution in [1.82, 2.24) is 9.97 Å². The van der Waals surface area contributed by atoms with Gasteiger partial charge in [-0.1, -0.05) is 6.92 Å². The first-order chi connectivity index (χ1) is 4.38. The second kappa shape index (κ2) is 2.92. The summed E-state index contributed by atoms with van der Waals surface area (Å²) in [6.07, 6.45) is 2.70. The lowest BCUT2D eigenvalue weighted by Gasteiger charge is -1.91. The molecule has 0 saturated heterocycles. The van der Waals surface area contributed by atoms with E-state index in [0.29, 0.717) is 0 Å². The van der Waals surface area contributed by atoms with Crippen molar-refractivity contribution >= 4 is 12.6 Å². The molecule has 1 N–H and O–H groups in total. The van der Waals surface area contributed by atoms with E-state index in [9.17, 15) is 0 Å². The first-order valence-electron chi connectivity index (χ1n) is 3.00. The molecule has 0 spiro atoms. The molecule has 2 nitrogen and oxygen atoms in total. The minimum Gasteiger partial charge on any atom is -0.348 e. The summed E-state index contributed by atoms with van der Waals surface area (Å²) < 4.78 is 0. The molecular weight excluding hydrogens is 132 g/mol. The molecule has 0 aliphatic heterocycles. The lowest BCUT2D eigenvalue weighted by Crippen LogP contribution is -1.85. The summed E-state index contributed by atoms with van der Waals surface area (Å²) in [5.41, 5.74) is 2.27. The fourth-order valence-corrected chi connectivity index (χ4v) is 1.06. The number of thiol groups is 1. The van der Waals surface area contributed by atoms with E-state index in [1.807, 2.05) is 0 Å². The molecule has 3 heteroatoms. The van der Waals surface area contributed by atoms with Gasteiger partial charge in [-0.2, -0.15) is 12.6 Å². The van der Waals surface area contributed by atoms with Gasteiger partial charge in [0.05, 0.1) is 12.0 Å². The molecule has 50 valence electrons. The maximum absolute atomic E-state index is 4.13. The average molecular weight is 142 g/mol. The van der Waals surface area contributed by atoms with E-state index >= 15 is 0 Å². The van der Waals surface area contributed by atoms with Crippen molar-refractivity contribution in [2.75, 3.05) is 0 Å². The Balaban J connectivity index is 2.85. The van der Waals surface area contributed by atoms with Crippen molar-refractivity contribution in [3.8, 4) is 0 Å². The van der Waals surface area contributed by atoms with Crippen LogP contribution in [0.4, 0.5) is 0 Å². The third-order valence-electron chi connectivity index (χ3n) is 1.30. The SMILES string of the molecule is CCc1nc[nH]c1CS. The molecular formula is C6H10N2S. The van der Waals surface area contributed by atoms with Gasteiger partial charge in [-0.25, -0.2) is 4.98 Å². The van der Waals surface area contributed by atoms with Crippen molar-refractivity contribution in [3.05, 3.63) is 17.7 Å². The van der Waals surface area contributed by atoms with E-state index in [2.05, 4.69) is 29.5 Å². The highest BCUT2D eigenvalue weighted by atomic mass is 32.1. The molecule has 1 aromatic heterocycles. The summed E-state index contributed by atoms with van der Waals surface area (Å²) in [6, 6.07) is 0. The van der Waals surface area contributed by atoms with Crippen LogP contribution in [-0.2, 0) is 12.2 Å². The summed E-state index contributed by atoms with van der Waals surface area (Å²) in [5, 5.41) is 0. The molecule has 0 amide bonds. The van der Waals surface area contributed by atoms with E-state index in [1.54, 1.807) is 6.33 Å². The Hall–Kier alpha value is -0.440. The van der Waals surface area contributed by atoms with Crippen molar-refractivity contribution in [2.45, 2.75) is 19.1 Å². The number of hydrogen-bond acceptors (Lipinski definition) is 2. The van der Waals surface area contributed by atoms with Gasteiger partial charge in [0.15, 0.2) is 0 Å². The molecule has 0 aliphatic rings. The highest BCUT2D eigenvalue weighted by Gasteiger charge is 1.98. The number of aromatic amines is 1. The third kappa shape index (κ3) is 1.27. The van der Waals surface area contributed by atoms with Gasteiger partial charge in [-0.15, -0.1) is 0 Å². The first-order valence-corrected chi connectivity index (χ1v) is 3.63. The fraction of sp³-hybridized carbons (Fsp3) is 0.500. The number of H-pyrrole nitrogens is 1. The van der Waals surface area contributed by atoms with Crippen LogP contribution in [0, 0.1) is 0 Å². The zero-order chi connectivity index (χ0) is 6.69. The molecule has 0 atom stereocenters. The van der Waals surface area contributed by atoms with Gasteiger partial charge < -0.3 is 4.98 Å². The van der Waals surface area contributed by atoms with Gasteiger partial charge in [0, 0.05) is 11.4 Å². The second-order valence-corrected chi connectivity index (χ2v) is 2.16. The fourth-order valence-electron chi connectivity index (χ4n) is 0.791. The predicted octanol–water partition coefficient (Wildman–Crippen LogP) is 1.40. The molecule has 1 aromatic rings. The van der Waals surface area contributed by atoms with E-state index < -0.39 is 0 Å². The third-order valence-corrected chi connectivity index (χ3v) is 1.62. The maximum Gasteiger partial charge on any atom is 0.0925 e. The average Bonchev–Trinajstić information content (AvgIpc) is 2.33. The van der Waals surface area contributed by atoms with E-state index in [-0.39, 0.29) is 0 Å². The molecule has 0 radical (unpaired) electrons. The van der Waals surface area contributed by atoms with Crippen LogP contribution in [0.3, 0.4) is 0 Å². The number of aryl methyl sites for hydroxylation is 1. The monoisotopic (exact) mass is 142 g/mol. The van der Waals surface area contributed by atoms with E-state index in [4.69, 9.17) is 0 Å². The number of imidazole rings is 1. The normalized spacial score (nSPS) is 10.0. The predicted molar refractivity (Wildman–Crippen MR) is 40.7 cm³/mol. The lowest BCUT2D eigenvalue weighted by atomic mass is 10.3. The van der Waals surface area contributed by atoms with Crippen LogP contribution in [-0.4, -0.2) is 9.97 Å². The molecule has 1 heterocycles. The van der Waals surface area contributed by atoms with Crippen molar-refractivity contribution < 1.29 is 0 Å². The van der Waals surface area contributed by atoms with Crippen molar-refractivity contribution in [2.24, 2.45) is 0 Å². The smallest absolute Gasteiger partial charge is 0.0925 e. The first kappa shape index (κ1) is 6.68. The summed E-state index contributed by atoms with van der Waals surface area (Å²) in [4.78, 5) is 7.12. The molecule has 0 aliphatic carbocycles. The molecule has 0 unspecified atom stereocenters. The number of nitrogens with one attached hydrogen (secondary N) is 1. The Bertz CT molecular complexity index is 164. The minimum absolute atomic E-state index is 0.753. The molecule has 9 heavy (non-hydrogen) atoms. The highest BCUT2D eigenvalue weighted by molar-refractivity contribution is 7.79. The largest absolute Gasteiger partial charge is 0.348 e. The molecule has 0 aromatic carbocycles. The van der Waals surface area contributed by atoms with Gasteiger partial charge in [0.2, 0.25) is 0 Å². The molecule has 0 saturated carbocycles. The maximum atomic E-state index is 4.13. The van der Waals surface area contributed by atoms with Gasteiger partial charge in [0.25, 0.3) is 0 Å². The Kier molecular flexibility index (Phi) is 2.16. The van der Waals surface area contributed by atoms with Crippen LogP contribution < -0.4 is 0 Å². The minimum atomic E-state index is 0.753. The van der Waals surface area contributed by atoms with E-state index in [0.717, 1.165) is 23.6 Å². The number of aromatic nitrogens is 2. The zero-order valence-corrected chi connectivity index (χ0v) is 6.28. The summed E-state index contributed by atoms with van der Waals surface area (Å²) in [7, 11) is 0. The van der Waals surface area contributed by atoms with Gasteiger partial charge in [-0.05, 0) is 6.42 Å². The molecule has 0 fully saturated rings. The van der Waals surface area contributed by atoms with Crippen LogP contribution in [0.1, 0.15) is 18.3 Å². The lowest BCUT2D eigenvalue weighted by molar-refractivity contribution is 1.03. The van der Waals surface area contributed by atoms with Crippen molar-refractivity contribution in [3.63, 3.8) is 0 Å². The Morgan fingerprint density at radius 3 is 3.00 bits per heavy atom. The van der Waals surface area contributed by atoms with Crippen LogP contribution in [0.25, 0.3) is 0 Å². The second-order valence-electron chi connectivity index (χ2n) is 1.84. The summed E-state index contributed by atoms with van der Waals surface area (Å²) in [6.45, 7) is 2.09. The molecule has 1 rings (SSSR count). The Labute approximate surface area is 60.1 Å². The van der Waals surface area contributed by atoms with Crippen LogP contribution in [0.5, 0.6) is 0 Å². The van der Waals surface area contributed by atoms with Crippen LogP contribution in [0.2, 0.25) is 0 Å². The standard InChI is InChI=1S/C6H10N2S/c1-2-5-6(3-9)8-4-7-5/h4,9H,2-3H2,1H3,(H,7,8). The number of nitrogens with zero attached hydrogens (tertiary/aromatic N) is 1. The van der Waals surface area contributed by atoms with Gasteiger partial charge >= 0.3 is 0 Å². The summed E-state index contributed by atoms with van der Waals surface area (Å²) in [5.74, 6) is 0.753. The van der Waals surface area contributed by atoms with Gasteiger partial charge in [0.1, 0.15) is 0 Å². The molecule has 0 bridgehead atoms. The van der Waals surface area contributed by atoms with Crippen molar-refractivity contribution in [1.29, 1.82) is 0 Å². The number of rotatable bonds is 2. The Morgan fingerprint density at radius 1 is 1.78 bits per heavy atom. The Morgan fingerprint density at radius 2 is 2.56 bits per heavy atom. The quantitative estimate of drug-likeness (QED) is 0.600. The van der Waals surface area contributed by atoms with Crippen LogP contribution >= 0.6 is 12.6 Å². The van der Waals surface area contributed by atoms with Gasteiger partial charge in [-0.3, -0.25) is 0 Å². The number of hydrogen-bond donors (Lipinski definition) is 2. The summed E-state index contributed by atoms with van der Waals surface area (Å²) >= 11 is 4.13. The topological polar surface area (TPSA) is 28.7 Å². The van der Waals surface area contributed by atoms with Crippen LogP contribution in [0.15, 0.2) is 6.33 Å². The highest BCUT2D eigenvalue weighted by Crippen LogP contribution is 2.04. The van der Waals surface area contributed by atoms with E-state index in [1.165, 1.54) is 0 Å².